The van der Waals surface area contributed by atoms with E-state index in [0.29, 0.717) is 11.3 Å². The maximum Gasteiger partial charge on any atom is 0.338 e. The van der Waals surface area contributed by atoms with Crippen LogP contribution in [0.15, 0.2) is 66.7 Å². The number of hydrogen-bond donors (Lipinski definition) is 1. The Labute approximate surface area is 190 Å². The summed E-state index contributed by atoms with van der Waals surface area (Å²) in [6, 6.07) is 17.6. The maximum absolute atomic E-state index is 13.0. The van der Waals surface area contributed by atoms with Gasteiger partial charge in [0.25, 0.3) is 5.91 Å². The molecule has 7 heteroatoms. The van der Waals surface area contributed by atoms with Crippen LogP contribution in [0.3, 0.4) is 0 Å². The molecule has 0 aliphatic heterocycles. The predicted octanol–water partition coefficient (Wildman–Crippen LogP) is 4.04. The zero-order valence-electron chi connectivity index (χ0n) is 18.1. The zero-order valence-corrected chi connectivity index (χ0v) is 18.1. The number of fused-ring (bicyclic) bond motifs is 2. The number of amides is 1. The first kappa shape index (κ1) is 22.0. The lowest BCUT2D eigenvalue weighted by atomic mass is 9.83. The van der Waals surface area contributed by atoms with E-state index in [2.05, 4.69) is 5.32 Å². The summed E-state index contributed by atoms with van der Waals surface area (Å²) >= 11 is 0. The van der Waals surface area contributed by atoms with Crippen LogP contribution in [0.4, 0.5) is 5.69 Å². The van der Waals surface area contributed by atoms with Gasteiger partial charge in [-0.25, -0.2) is 4.79 Å². The van der Waals surface area contributed by atoms with Crippen LogP contribution in [0.25, 0.3) is 0 Å². The minimum atomic E-state index is -0.670. The van der Waals surface area contributed by atoms with E-state index in [9.17, 15) is 19.2 Å². The topological polar surface area (TPSA) is 98.8 Å². The molecule has 0 bridgehead atoms. The molecule has 1 amide bonds. The summed E-state index contributed by atoms with van der Waals surface area (Å²) in [5, 5.41) is 2.58. The van der Waals surface area contributed by atoms with Crippen LogP contribution in [0.1, 0.15) is 56.0 Å². The Morgan fingerprint density at radius 3 is 2.12 bits per heavy atom. The molecule has 33 heavy (non-hydrogen) atoms. The third kappa shape index (κ3) is 4.52. The smallest absolute Gasteiger partial charge is 0.338 e. The van der Waals surface area contributed by atoms with Crippen molar-refractivity contribution in [3.63, 3.8) is 0 Å². The van der Waals surface area contributed by atoms with E-state index in [4.69, 9.17) is 9.47 Å². The van der Waals surface area contributed by atoms with Gasteiger partial charge in [0.1, 0.15) is 5.75 Å². The Bertz CT molecular complexity index is 1260. The average Bonchev–Trinajstić information content (AvgIpc) is 2.81. The first-order chi connectivity index (χ1) is 15.8. The van der Waals surface area contributed by atoms with E-state index >= 15 is 0 Å². The molecule has 0 spiro atoms. The van der Waals surface area contributed by atoms with Crippen molar-refractivity contribution >= 4 is 29.1 Å². The average molecular weight is 443 g/mol. The quantitative estimate of drug-likeness (QED) is 0.452. The van der Waals surface area contributed by atoms with Gasteiger partial charge < -0.3 is 14.8 Å². The molecule has 0 saturated carbocycles. The molecule has 0 radical (unpaired) electrons. The van der Waals surface area contributed by atoms with E-state index in [0.717, 1.165) is 0 Å². The number of ketones is 2. The van der Waals surface area contributed by atoms with Crippen LogP contribution in [0.5, 0.6) is 5.75 Å². The summed E-state index contributed by atoms with van der Waals surface area (Å²) in [7, 11) is 0. The fourth-order valence-electron chi connectivity index (χ4n) is 3.59. The van der Waals surface area contributed by atoms with Crippen molar-refractivity contribution in [2.45, 2.75) is 20.0 Å². The van der Waals surface area contributed by atoms with Crippen LogP contribution < -0.4 is 10.1 Å². The highest BCUT2D eigenvalue weighted by Crippen LogP contribution is 2.31. The highest BCUT2D eigenvalue weighted by molar-refractivity contribution is 6.30. The normalized spacial score (nSPS) is 12.1. The molecule has 0 saturated heterocycles. The molecule has 0 fully saturated rings. The highest BCUT2D eigenvalue weighted by Gasteiger charge is 2.31. The zero-order chi connectivity index (χ0) is 23.5. The molecule has 0 heterocycles. The second kappa shape index (κ2) is 9.08. The molecule has 3 aromatic rings. The summed E-state index contributed by atoms with van der Waals surface area (Å²) in [5.74, 6) is -1.31. The van der Waals surface area contributed by atoms with Gasteiger partial charge in [0.05, 0.1) is 22.9 Å². The SMILES string of the molecule is CC(C)Oc1ccc(C(=O)OCC(=O)Nc2cccc3c2C(=O)c2ccccc2C3=O)cc1. The Morgan fingerprint density at radius 1 is 0.818 bits per heavy atom. The molecule has 3 aromatic carbocycles. The van der Waals surface area contributed by atoms with Gasteiger partial charge in [0, 0.05) is 16.7 Å². The van der Waals surface area contributed by atoms with Gasteiger partial charge in [-0.15, -0.1) is 0 Å². The van der Waals surface area contributed by atoms with Gasteiger partial charge in [0.2, 0.25) is 0 Å². The molecule has 0 aromatic heterocycles. The van der Waals surface area contributed by atoms with E-state index in [1.54, 1.807) is 60.7 Å². The van der Waals surface area contributed by atoms with Gasteiger partial charge >= 0.3 is 5.97 Å². The lowest BCUT2D eigenvalue weighted by Gasteiger charge is -2.20. The van der Waals surface area contributed by atoms with Gasteiger partial charge in [0.15, 0.2) is 18.2 Å². The fraction of sp³-hybridized carbons (Fsp3) is 0.154. The Morgan fingerprint density at radius 2 is 1.45 bits per heavy atom. The molecule has 0 unspecified atom stereocenters. The summed E-state index contributed by atoms with van der Waals surface area (Å²) in [5.41, 5.74) is 1.43. The monoisotopic (exact) mass is 443 g/mol. The van der Waals surface area contributed by atoms with Crippen LogP contribution in [-0.2, 0) is 9.53 Å². The molecule has 7 nitrogen and oxygen atoms in total. The second-order valence-corrected chi connectivity index (χ2v) is 7.75. The molecule has 4 rings (SSSR count). The molecule has 1 aliphatic carbocycles. The van der Waals surface area contributed by atoms with Crippen molar-refractivity contribution in [3.05, 3.63) is 94.5 Å². The minimum absolute atomic E-state index is 0.00545. The lowest BCUT2D eigenvalue weighted by molar-refractivity contribution is -0.119. The number of ether oxygens (including phenoxy) is 2. The van der Waals surface area contributed by atoms with Crippen molar-refractivity contribution in [1.29, 1.82) is 0 Å². The van der Waals surface area contributed by atoms with E-state index in [1.807, 2.05) is 13.8 Å². The fourth-order valence-corrected chi connectivity index (χ4v) is 3.59. The first-order valence-corrected chi connectivity index (χ1v) is 10.4. The predicted molar refractivity (Wildman–Crippen MR) is 121 cm³/mol. The Kier molecular flexibility index (Phi) is 6.04. The number of hydrogen-bond acceptors (Lipinski definition) is 6. The summed E-state index contributed by atoms with van der Waals surface area (Å²) < 4.78 is 10.6. The Balaban J connectivity index is 1.44. The van der Waals surface area contributed by atoms with Crippen molar-refractivity contribution in [3.8, 4) is 5.75 Å². The van der Waals surface area contributed by atoms with Crippen LogP contribution in [0.2, 0.25) is 0 Å². The summed E-state index contributed by atoms with van der Waals surface area (Å²) in [4.78, 5) is 50.5. The van der Waals surface area contributed by atoms with Crippen LogP contribution >= 0.6 is 0 Å². The highest BCUT2D eigenvalue weighted by atomic mass is 16.5. The minimum Gasteiger partial charge on any atom is -0.491 e. The van der Waals surface area contributed by atoms with Gasteiger partial charge in [-0.05, 0) is 44.2 Å². The first-order valence-electron chi connectivity index (χ1n) is 10.4. The van der Waals surface area contributed by atoms with E-state index in [1.165, 1.54) is 6.07 Å². The molecule has 1 N–H and O–H groups in total. The third-order valence-corrected chi connectivity index (χ3v) is 5.02. The number of benzene rings is 3. The molecular weight excluding hydrogens is 422 g/mol. The van der Waals surface area contributed by atoms with Gasteiger partial charge in [-0.3, -0.25) is 14.4 Å². The number of carbonyl (C=O) groups is 4. The largest absolute Gasteiger partial charge is 0.491 e. The van der Waals surface area contributed by atoms with E-state index < -0.39 is 18.5 Å². The second-order valence-electron chi connectivity index (χ2n) is 7.75. The summed E-state index contributed by atoms with van der Waals surface area (Å²) in [6.07, 6.45) is 0.00545. The van der Waals surface area contributed by atoms with Crippen molar-refractivity contribution < 1.29 is 28.7 Å². The van der Waals surface area contributed by atoms with Crippen LogP contribution in [0, 0.1) is 0 Å². The van der Waals surface area contributed by atoms with Gasteiger partial charge in [-0.2, -0.15) is 0 Å². The Hall–Kier alpha value is -4.26. The van der Waals surface area contributed by atoms with Gasteiger partial charge in [-0.1, -0.05) is 36.4 Å². The number of anilines is 1. The molecule has 1 aliphatic rings. The maximum atomic E-state index is 13.0. The summed E-state index contributed by atoms with van der Waals surface area (Å²) in [6.45, 7) is 3.24. The van der Waals surface area contributed by atoms with Crippen molar-refractivity contribution in [2.75, 3.05) is 11.9 Å². The molecule has 166 valence electrons. The standard InChI is InChI=1S/C26H21NO6/c1-15(2)33-17-12-10-16(11-13-17)26(31)32-14-22(28)27-21-9-5-8-20-23(21)25(30)19-7-4-3-6-18(19)24(20)29/h3-13,15H,14H2,1-2H3,(H,27,28). The number of rotatable bonds is 6. The number of nitrogens with one attached hydrogen (secondary N) is 1. The van der Waals surface area contributed by atoms with Crippen LogP contribution in [-0.4, -0.2) is 36.2 Å². The van der Waals surface area contributed by atoms with Crippen molar-refractivity contribution in [1.82, 2.24) is 0 Å². The van der Waals surface area contributed by atoms with Crippen molar-refractivity contribution in [2.24, 2.45) is 0 Å². The number of carbonyl (C=O) groups excluding carboxylic acids is 4. The molecular formula is C26H21NO6. The third-order valence-electron chi connectivity index (χ3n) is 5.02. The molecule has 0 atom stereocenters. The van der Waals surface area contributed by atoms with E-state index in [-0.39, 0.29) is 45.6 Å². The lowest BCUT2D eigenvalue weighted by Crippen LogP contribution is -2.26. The number of esters is 1.